The summed E-state index contributed by atoms with van der Waals surface area (Å²) in [7, 11) is 1.62. The van der Waals surface area contributed by atoms with Crippen LogP contribution in [-0.4, -0.2) is 42.4 Å². The molecule has 26 heavy (non-hydrogen) atoms. The van der Waals surface area contributed by atoms with Crippen LogP contribution in [0.1, 0.15) is 44.9 Å². The van der Waals surface area contributed by atoms with Crippen LogP contribution in [0, 0.1) is 0 Å². The highest BCUT2D eigenvalue weighted by atomic mass is 16.5. The van der Waals surface area contributed by atoms with Gasteiger partial charge in [-0.05, 0) is 51.0 Å². The first-order valence-electron chi connectivity index (χ1n) is 9.19. The summed E-state index contributed by atoms with van der Waals surface area (Å²) in [6, 6.07) is 7.42. The maximum absolute atomic E-state index is 13.0. The Labute approximate surface area is 154 Å². The smallest absolute Gasteiger partial charge is 0.280 e. The number of aromatic amines is 1. The zero-order valence-corrected chi connectivity index (χ0v) is 16.2. The molecule has 0 aliphatic rings. The lowest BCUT2D eigenvalue weighted by Crippen LogP contribution is -2.20. The lowest BCUT2D eigenvalue weighted by molar-refractivity contribution is 0.146. The topological polar surface area (TPSA) is 68.6 Å². The van der Waals surface area contributed by atoms with Gasteiger partial charge in [-0.2, -0.15) is 0 Å². The Morgan fingerprint density at radius 2 is 1.96 bits per heavy atom. The van der Waals surface area contributed by atoms with E-state index in [0.717, 1.165) is 42.1 Å². The average Bonchev–Trinajstić information content (AvgIpc) is 2.98. The van der Waals surface area contributed by atoms with E-state index in [1.165, 1.54) is 0 Å². The molecule has 0 bridgehead atoms. The van der Waals surface area contributed by atoms with Gasteiger partial charge in [0.15, 0.2) is 0 Å². The summed E-state index contributed by atoms with van der Waals surface area (Å²) in [5.74, 6) is 0.759. The Hall–Kier alpha value is -2.34. The number of nitrogens with zero attached hydrogens (tertiary/aromatic N) is 2. The molecule has 1 aromatic carbocycles. The van der Waals surface area contributed by atoms with Gasteiger partial charge >= 0.3 is 0 Å². The minimum Gasteiger partial charge on any atom is -0.497 e. The second kappa shape index (κ2) is 9.97. The first-order valence-corrected chi connectivity index (χ1v) is 9.19. The number of aromatic nitrogens is 2. The summed E-state index contributed by atoms with van der Waals surface area (Å²) in [6.07, 6.45) is 2.61. The molecule has 0 radical (unpaired) electrons. The molecule has 6 heteroatoms. The van der Waals surface area contributed by atoms with Crippen molar-refractivity contribution in [3.63, 3.8) is 0 Å². The van der Waals surface area contributed by atoms with Crippen molar-refractivity contribution in [3.05, 3.63) is 45.9 Å². The Morgan fingerprint density at radius 1 is 1.23 bits per heavy atom. The molecule has 0 saturated heterocycles. The Bertz CT molecular complexity index is 773. The van der Waals surface area contributed by atoms with Gasteiger partial charge in [-0.25, -0.2) is 4.68 Å². The minimum atomic E-state index is -0.0651. The molecule has 142 valence electrons. The average molecular weight is 359 g/mol. The SMILES string of the molecule is CCCc1[nH]n(-c2ccc(OC)cc2)c(=O)c1C(C)=NCCCOCC. The van der Waals surface area contributed by atoms with Crippen LogP contribution in [0.5, 0.6) is 5.75 Å². The number of aryl methyl sites for hydroxylation is 1. The van der Waals surface area contributed by atoms with Gasteiger partial charge in [-0.3, -0.25) is 14.9 Å². The van der Waals surface area contributed by atoms with Crippen LogP contribution in [0.3, 0.4) is 0 Å². The van der Waals surface area contributed by atoms with Crippen molar-refractivity contribution in [2.75, 3.05) is 26.9 Å². The first-order chi connectivity index (χ1) is 12.6. The van der Waals surface area contributed by atoms with Gasteiger partial charge in [0.1, 0.15) is 5.75 Å². The molecule has 0 fully saturated rings. The summed E-state index contributed by atoms with van der Waals surface area (Å²) >= 11 is 0. The molecular weight excluding hydrogens is 330 g/mol. The Balaban J connectivity index is 2.31. The maximum Gasteiger partial charge on any atom is 0.280 e. The Morgan fingerprint density at radius 3 is 2.58 bits per heavy atom. The number of rotatable bonds is 10. The lowest BCUT2D eigenvalue weighted by Gasteiger charge is -2.03. The molecule has 0 atom stereocenters. The number of H-pyrrole nitrogens is 1. The van der Waals surface area contributed by atoms with Gasteiger partial charge in [0.25, 0.3) is 5.56 Å². The molecule has 1 N–H and O–H groups in total. The molecule has 2 rings (SSSR count). The molecule has 0 aliphatic carbocycles. The third-order valence-electron chi connectivity index (χ3n) is 4.16. The maximum atomic E-state index is 13.0. The van der Waals surface area contributed by atoms with Crippen molar-refractivity contribution in [3.8, 4) is 11.4 Å². The van der Waals surface area contributed by atoms with Gasteiger partial charge in [-0.1, -0.05) is 13.3 Å². The molecule has 2 aromatic rings. The lowest BCUT2D eigenvalue weighted by atomic mass is 10.1. The van der Waals surface area contributed by atoms with E-state index in [0.29, 0.717) is 25.3 Å². The number of hydrogen-bond acceptors (Lipinski definition) is 4. The quantitative estimate of drug-likeness (QED) is 0.522. The van der Waals surface area contributed by atoms with Crippen molar-refractivity contribution in [1.29, 1.82) is 0 Å². The van der Waals surface area contributed by atoms with Gasteiger partial charge in [0.2, 0.25) is 0 Å². The normalized spacial score (nSPS) is 11.8. The van der Waals surface area contributed by atoms with Crippen LogP contribution in [0.2, 0.25) is 0 Å². The summed E-state index contributed by atoms with van der Waals surface area (Å²) in [6.45, 7) is 8.05. The van der Waals surface area contributed by atoms with Crippen molar-refractivity contribution in [1.82, 2.24) is 9.78 Å². The third-order valence-corrected chi connectivity index (χ3v) is 4.16. The largest absolute Gasteiger partial charge is 0.497 e. The van der Waals surface area contributed by atoms with Crippen LogP contribution in [0.25, 0.3) is 5.69 Å². The summed E-state index contributed by atoms with van der Waals surface area (Å²) in [5, 5.41) is 3.25. The van der Waals surface area contributed by atoms with Gasteiger partial charge < -0.3 is 9.47 Å². The van der Waals surface area contributed by atoms with Crippen molar-refractivity contribution >= 4 is 5.71 Å². The molecule has 6 nitrogen and oxygen atoms in total. The fourth-order valence-corrected chi connectivity index (χ4v) is 2.84. The minimum absolute atomic E-state index is 0.0651. The van der Waals surface area contributed by atoms with E-state index in [1.807, 2.05) is 38.1 Å². The van der Waals surface area contributed by atoms with Crippen molar-refractivity contribution in [2.45, 2.75) is 40.0 Å². The van der Waals surface area contributed by atoms with Gasteiger partial charge in [0, 0.05) is 31.2 Å². The summed E-state index contributed by atoms with van der Waals surface area (Å²) < 4.78 is 12.1. The van der Waals surface area contributed by atoms with Crippen LogP contribution in [0.15, 0.2) is 34.1 Å². The predicted molar refractivity (Wildman–Crippen MR) is 105 cm³/mol. The highest BCUT2D eigenvalue weighted by Gasteiger charge is 2.17. The zero-order valence-electron chi connectivity index (χ0n) is 16.2. The number of methoxy groups -OCH3 is 1. The highest BCUT2D eigenvalue weighted by Crippen LogP contribution is 2.15. The van der Waals surface area contributed by atoms with Crippen molar-refractivity contribution in [2.24, 2.45) is 4.99 Å². The van der Waals surface area contributed by atoms with Gasteiger partial charge in [-0.15, -0.1) is 0 Å². The molecule has 1 heterocycles. The monoisotopic (exact) mass is 359 g/mol. The molecular formula is C20H29N3O3. The van der Waals surface area contributed by atoms with Crippen LogP contribution < -0.4 is 10.3 Å². The fraction of sp³-hybridized carbons (Fsp3) is 0.500. The van der Waals surface area contributed by atoms with Crippen molar-refractivity contribution < 1.29 is 9.47 Å². The standard InChI is InChI=1S/C20H29N3O3/c1-5-8-18-19(15(3)21-13-7-14-26-6-2)20(24)23(22-18)16-9-11-17(25-4)12-10-16/h9-12,22H,5-8,13-14H2,1-4H3. The molecule has 0 spiro atoms. The molecule has 0 unspecified atom stereocenters. The van der Waals surface area contributed by atoms with E-state index >= 15 is 0 Å². The van der Waals surface area contributed by atoms with Crippen LogP contribution in [0.4, 0.5) is 0 Å². The molecule has 0 aliphatic heterocycles. The van der Waals surface area contributed by atoms with E-state index in [4.69, 9.17) is 9.47 Å². The number of hydrogen-bond donors (Lipinski definition) is 1. The molecule has 0 amide bonds. The first kappa shape index (κ1) is 20.0. The highest BCUT2D eigenvalue weighted by molar-refractivity contribution is 5.99. The predicted octanol–water partition coefficient (Wildman–Crippen LogP) is 3.36. The fourth-order valence-electron chi connectivity index (χ4n) is 2.84. The number of nitrogens with one attached hydrogen (secondary N) is 1. The number of ether oxygens (including phenoxy) is 2. The van der Waals surface area contributed by atoms with Gasteiger partial charge in [0.05, 0.1) is 18.4 Å². The number of aliphatic imine (C=N–C) groups is 1. The van der Waals surface area contributed by atoms with E-state index in [2.05, 4.69) is 17.0 Å². The number of benzene rings is 1. The zero-order chi connectivity index (χ0) is 18.9. The second-order valence-electron chi connectivity index (χ2n) is 6.07. The van der Waals surface area contributed by atoms with Crippen LogP contribution in [-0.2, 0) is 11.2 Å². The second-order valence-corrected chi connectivity index (χ2v) is 6.07. The van der Waals surface area contributed by atoms with E-state index < -0.39 is 0 Å². The molecule has 1 aromatic heterocycles. The third kappa shape index (κ3) is 4.85. The van der Waals surface area contributed by atoms with Crippen LogP contribution >= 0.6 is 0 Å². The summed E-state index contributed by atoms with van der Waals surface area (Å²) in [4.78, 5) is 17.6. The Kier molecular flexibility index (Phi) is 7.66. The van der Waals surface area contributed by atoms with E-state index in [9.17, 15) is 4.79 Å². The summed E-state index contributed by atoms with van der Waals surface area (Å²) in [5.41, 5.74) is 3.10. The van der Waals surface area contributed by atoms with E-state index in [1.54, 1.807) is 11.8 Å². The molecule has 0 saturated carbocycles. The van der Waals surface area contributed by atoms with E-state index in [-0.39, 0.29) is 5.56 Å².